The van der Waals surface area contributed by atoms with Gasteiger partial charge >= 0.3 is 0 Å². The van der Waals surface area contributed by atoms with Gasteiger partial charge in [-0.3, -0.25) is 4.79 Å². The highest BCUT2D eigenvalue weighted by atomic mass is 19.1. The van der Waals surface area contributed by atoms with Crippen LogP contribution in [0.15, 0.2) is 35.3 Å². The van der Waals surface area contributed by atoms with Crippen molar-refractivity contribution >= 4 is 11.5 Å². The van der Waals surface area contributed by atoms with E-state index in [-0.39, 0.29) is 23.2 Å². The largest absolute Gasteiger partial charge is 0.490 e. The van der Waals surface area contributed by atoms with E-state index in [4.69, 9.17) is 19.7 Å². The predicted octanol–water partition coefficient (Wildman–Crippen LogP) is 2.36. The summed E-state index contributed by atoms with van der Waals surface area (Å²) in [6, 6.07) is 5.53. The summed E-state index contributed by atoms with van der Waals surface area (Å²) >= 11 is 0. The lowest BCUT2D eigenvalue weighted by atomic mass is 10.1. The molecule has 5 rings (SSSR count). The van der Waals surface area contributed by atoms with Crippen molar-refractivity contribution in [3.63, 3.8) is 0 Å². The average Bonchev–Trinajstić information content (AvgIpc) is 2.76. The maximum atomic E-state index is 14.5. The molecule has 0 atom stereocenters. The van der Waals surface area contributed by atoms with Crippen LogP contribution in [0.2, 0.25) is 0 Å². The van der Waals surface area contributed by atoms with E-state index in [1.807, 2.05) is 13.0 Å². The number of fused-ring (bicyclic) bond motifs is 2. The maximum Gasteiger partial charge on any atom is 0.274 e. The van der Waals surface area contributed by atoms with Gasteiger partial charge in [0, 0.05) is 50.3 Å². The third-order valence-electron chi connectivity index (χ3n) is 5.13. The molecule has 0 radical (unpaired) electrons. The molecule has 0 unspecified atom stereocenters. The first-order chi connectivity index (χ1) is 16.0. The minimum Gasteiger partial charge on any atom is -0.490 e. The molecule has 0 aliphatic carbocycles. The summed E-state index contributed by atoms with van der Waals surface area (Å²) in [4.78, 5) is 18.3. The molecule has 0 bridgehead atoms. The van der Waals surface area contributed by atoms with E-state index in [0.29, 0.717) is 37.4 Å². The number of piperidine rings is 1. The van der Waals surface area contributed by atoms with Crippen LogP contribution < -0.4 is 24.7 Å². The van der Waals surface area contributed by atoms with E-state index in [1.165, 1.54) is 22.8 Å². The van der Waals surface area contributed by atoms with Crippen LogP contribution in [0.4, 0.5) is 10.2 Å². The van der Waals surface area contributed by atoms with Gasteiger partial charge in [-0.1, -0.05) is 0 Å². The van der Waals surface area contributed by atoms with Crippen LogP contribution in [-0.4, -0.2) is 46.9 Å². The van der Waals surface area contributed by atoms with E-state index in [0.717, 1.165) is 11.6 Å². The normalized spacial score (nSPS) is 22.0. The quantitative estimate of drug-likeness (QED) is 0.649. The van der Waals surface area contributed by atoms with Crippen molar-refractivity contribution < 1.29 is 24.1 Å². The van der Waals surface area contributed by atoms with Crippen LogP contribution in [0.3, 0.4) is 0 Å². The predicted molar refractivity (Wildman–Crippen MR) is 107 cm³/mol. The molecule has 1 fully saturated rings. The summed E-state index contributed by atoms with van der Waals surface area (Å²) in [5, 5.41) is 4.47. The topological polar surface area (TPSA) is 78.2 Å². The molecule has 0 N–H and O–H groups in total. The van der Waals surface area contributed by atoms with E-state index >= 15 is 0 Å². The van der Waals surface area contributed by atoms with Crippen molar-refractivity contribution in [1.29, 1.82) is 0 Å². The monoisotopic (exact) mass is 416 g/mol. The third kappa shape index (κ3) is 3.40. The molecular formula is C21H21FN4O4. The van der Waals surface area contributed by atoms with Crippen molar-refractivity contribution in [2.75, 3.05) is 31.1 Å². The minimum absolute atomic E-state index is 0.134. The maximum absolute atomic E-state index is 14.5. The Morgan fingerprint density at radius 3 is 2.87 bits per heavy atom. The summed E-state index contributed by atoms with van der Waals surface area (Å²) < 4.78 is 62.2. The van der Waals surface area contributed by atoms with Crippen molar-refractivity contribution in [2.45, 2.75) is 25.9 Å². The first kappa shape index (κ1) is 14.6. The van der Waals surface area contributed by atoms with Crippen LogP contribution in [0.25, 0.3) is 5.65 Å². The highest BCUT2D eigenvalue weighted by molar-refractivity contribution is 5.52. The molecule has 2 aromatic heterocycles. The van der Waals surface area contributed by atoms with Crippen molar-refractivity contribution in [1.82, 2.24) is 14.6 Å². The molecule has 0 saturated carbocycles. The molecule has 4 heterocycles. The van der Waals surface area contributed by atoms with Gasteiger partial charge < -0.3 is 19.1 Å². The minimum atomic E-state index is -2.84. The molecule has 8 nitrogen and oxygen atoms in total. The second kappa shape index (κ2) is 7.47. The highest BCUT2D eigenvalue weighted by Gasteiger charge is 2.25. The van der Waals surface area contributed by atoms with Crippen LogP contribution in [-0.2, 0) is 0 Å². The second-order valence-corrected chi connectivity index (χ2v) is 7.15. The van der Waals surface area contributed by atoms with Crippen molar-refractivity contribution in [2.24, 2.45) is 0 Å². The second-order valence-electron chi connectivity index (χ2n) is 7.15. The van der Waals surface area contributed by atoms with E-state index in [2.05, 4.69) is 15.0 Å². The summed E-state index contributed by atoms with van der Waals surface area (Å²) in [5.74, 6) is -0.844. The van der Waals surface area contributed by atoms with Gasteiger partial charge in [0.05, 0.1) is 5.48 Å². The summed E-state index contributed by atoms with van der Waals surface area (Å²) in [6.07, 6.45) is 2.40. The number of aromatic nitrogens is 3. The molecule has 3 aromatic rings. The molecule has 156 valence electrons. The fraction of sp³-hybridized carbons (Fsp3) is 0.381. The van der Waals surface area contributed by atoms with Gasteiger partial charge in [0.15, 0.2) is 28.8 Å². The van der Waals surface area contributed by atoms with Gasteiger partial charge in [0.2, 0.25) is 0 Å². The standard InChI is InChI=1S/C21H21FN4O4/c1-13-10-18-23-5-2-19(27)26(18)24-21(13)25-6-3-14(4-7-25)30-15-11-16(22)20-17(12-15)28-8-9-29-20/h2,5,10-12,14H,3-4,6-9H2,1H3/i8D2,9D2. The lowest BCUT2D eigenvalue weighted by Crippen LogP contribution is -2.39. The Morgan fingerprint density at radius 1 is 1.23 bits per heavy atom. The summed E-state index contributed by atoms with van der Waals surface area (Å²) in [7, 11) is 0. The molecule has 0 amide bonds. The molecular weight excluding hydrogens is 391 g/mol. The average molecular weight is 416 g/mol. The van der Waals surface area contributed by atoms with E-state index in [9.17, 15) is 9.18 Å². The number of hydrogen-bond donors (Lipinski definition) is 0. The molecule has 2 aliphatic rings. The number of aryl methyl sites for hydroxylation is 1. The van der Waals surface area contributed by atoms with Gasteiger partial charge in [-0.2, -0.15) is 4.52 Å². The number of rotatable bonds is 3. The first-order valence-electron chi connectivity index (χ1n) is 11.5. The number of ether oxygens (including phenoxy) is 3. The van der Waals surface area contributed by atoms with Gasteiger partial charge in [-0.25, -0.2) is 9.37 Å². The Hall–Kier alpha value is -3.36. The fourth-order valence-electron chi connectivity index (χ4n) is 3.67. The zero-order chi connectivity index (χ0) is 24.3. The van der Waals surface area contributed by atoms with Gasteiger partial charge in [-0.05, 0) is 18.6 Å². The van der Waals surface area contributed by atoms with Crippen molar-refractivity contribution in [3.05, 3.63) is 52.2 Å². The lowest BCUT2D eigenvalue weighted by molar-refractivity contribution is 0.153. The van der Waals surface area contributed by atoms with Crippen LogP contribution in [0.1, 0.15) is 23.9 Å². The molecule has 2 aliphatic heterocycles. The number of benzene rings is 1. The number of hydrogen-bond acceptors (Lipinski definition) is 7. The number of nitrogens with zero attached hydrogens (tertiary/aromatic N) is 4. The molecule has 30 heavy (non-hydrogen) atoms. The van der Waals surface area contributed by atoms with Crippen LogP contribution in [0.5, 0.6) is 17.2 Å². The Bertz CT molecular complexity index is 1330. The molecule has 9 heteroatoms. The fourth-order valence-corrected chi connectivity index (χ4v) is 3.67. The van der Waals surface area contributed by atoms with Crippen molar-refractivity contribution in [3.8, 4) is 17.2 Å². The number of anilines is 1. The van der Waals surface area contributed by atoms with Gasteiger partial charge in [0.1, 0.15) is 25.0 Å². The van der Waals surface area contributed by atoms with Gasteiger partial charge in [-0.15, -0.1) is 5.10 Å². The zero-order valence-corrected chi connectivity index (χ0v) is 16.1. The lowest BCUT2D eigenvalue weighted by Gasteiger charge is -2.33. The smallest absolute Gasteiger partial charge is 0.274 e. The Labute approximate surface area is 177 Å². The van der Waals surface area contributed by atoms with E-state index in [1.54, 1.807) is 0 Å². The third-order valence-corrected chi connectivity index (χ3v) is 5.13. The van der Waals surface area contributed by atoms with E-state index < -0.39 is 24.7 Å². The highest BCUT2D eigenvalue weighted by Crippen LogP contribution is 2.37. The van der Waals surface area contributed by atoms with Crippen LogP contribution in [0, 0.1) is 12.7 Å². The Morgan fingerprint density at radius 2 is 2.03 bits per heavy atom. The SMILES string of the molecule is [2H]C1([2H])Oc2cc(OC3CCN(c4nn5c(=O)ccnc5cc4C)CC3)cc(F)c2OC1([2H])[2H]. The van der Waals surface area contributed by atoms with Crippen LogP contribution >= 0.6 is 0 Å². The number of halogens is 1. The molecule has 1 saturated heterocycles. The molecule has 0 spiro atoms. The Kier molecular flexibility index (Phi) is 3.64. The summed E-state index contributed by atoms with van der Waals surface area (Å²) in [5.41, 5.74) is 1.10. The molecule has 1 aromatic carbocycles. The van der Waals surface area contributed by atoms with Gasteiger partial charge in [0.25, 0.3) is 5.56 Å². The Balaban J connectivity index is 1.30. The zero-order valence-electron chi connectivity index (χ0n) is 20.1. The summed E-state index contributed by atoms with van der Waals surface area (Å²) in [6.45, 7) is -2.54. The first-order valence-corrected chi connectivity index (χ1v) is 9.53.